The fraction of sp³-hybridized carbons (Fsp3) is 0.222. The minimum atomic E-state index is 0.351. The van der Waals surface area contributed by atoms with Crippen molar-refractivity contribution >= 4 is 39.7 Å². The molecule has 1 heterocycles. The first kappa shape index (κ1) is 21.3. The number of hydrogen-bond acceptors (Lipinski definition) is 4. The maximum absolute atomic E-state index is 9.95. The summed E-state index contributed by atoms with van der Waals surface area (Å²) >= 11 is 3.31. The summed E-state index contributed by atoms with van der Waals surface area (Å²) in [4.78, 5) is 14.1. The molecule has 2 rings (SSSR count). The summed E-state index contributed by atoms with van der Waals surface area (Å²) in [6.45, 7) is 4.03. The van der Waals surface area contributed by atoms with Crippen molar-refractivity contribution < 1.29 is 4.79 Å². The van der Waals surface area contributed by atoms with Crippen LogP contribution in [0.25, 0.3) is 0 Å². The third-order valence-corrected chi connectivity index (χ3v) is 3.65. The van der Waals surface area contributed by atoms with E-state index in [2.05, 4.69) is 26.2 Å². The molecule has 1 amide bonds. The molecule has 0 atom stereocenters. The smallest absolute Gasteiger partial charge is 0.207 e. The van der Waals surface area contributed by atoms with E-state index < -0.39 is 0 Å². The lowest BCUT2D eigenvalue weighted by molar-refractivity contribution is -0.109. The van der Waals surface area contributed by atoms with Gasteiger partial charge in [-0.1, -0.05) is 18.2 Å². The molecular weight excluding hydrogens is 396 g/mol. The Balaban J connectivity index is 0.000000263. The molecule has 2 aromatic rings. The number of nitrogens with two attached hydrogens (primary N) is 1. The van der Waals surface area contributed by atoms with Gasteiger partial charge in [0.1, 0.15) is 17.2 Å². The van der Waals surface area contributed by atoms with Crippen molar-refractivity contribution in [3.63, 3.8) is 0 Å². The molecule has 1 aromatic heterocycles. The lowest BCUT2D eigenvalue weighted by Gasteiger charge is -2.06. The number of nitrogens with zero attached hydrogens (tertiary/aromatic N) is 2. The number of carbonyl (C=O) groups is 1. The number of para-hydroxylation sites is 1. The molecule has 0 spiro atoms. The van der Waals surface area contributed by atoms with Crippen LogP contribution in [0.4, 0.5) is 5.69 Å². The summed E-state index contributed by atoms with van der Waals surface area (Å²) in [6.07, 6.45) is 2.93. The van der Waals surface area contributed by atoms with Crippen molar-refractivity contribution in [3.05, 3.63) is 58.1 Å². The van der Waals surface area contributed by atoms with Crippen molar-refractivity contribution in [2.24, 2.45) is 10.7 Å². The molecule has 0 saturated carbocycles. The number of benzene rings is 1. The van der Waals surface area contributed by atoms with Crippen LogP contribution in [0.2, 0.25) is 0 Å². The Hall–Kier alpha value is -2.74. The van der Waals surface area contributed by atoms with E-state index in [4.69, 9.17) is 16.6 Å². The fourth-order valence-electron chi connectivity index (χ4n) is 1.94. The Labute approximate surface area is 161 Å². The first-order valence-electron chi connectivity index (χ1n) is 7.89. The van der Waals surface area contributed by atoms with Gasteiger partial charge < -0.3 is 11.1 Å². The van der Waals surface area contributed by atoms with Gasteiger partial charge in [0.05, 0.1) is 5.69 Å². The van der Waals surface area contributed by atoms with E-state index >= 15 is 0 Å². The number of pyridine rings is 1. The number of carbonyl (C=O) groups excluding carboxylic acids is 1. The fourth-order valence-corrected chi connectivity index (χ4v) is 2.49. The molecule has 0 radical (unpaired) electrons. The van der Waals surface area contributed by atoms with Crippen molar-refractivity contribution in [3.8, 4) is 0 Å². The zero-order valence-corrected chi connectivity index (χ0v) is 16.4. The van der Waals surface area contributed by atoms with Crippen molar-refractivity contribution in [2.75, 3.05) is 6.54 Å². The van der Waals surface area contributed by atoms with Crippen LogP contribution in [-0.2, 0) is 4.79 Å². The molecule has 8 heteroatoms. The van der Waals surface area contributed by atoms with E-state index in [1.165, 1.54) is 4.57 Å². The largest absolute Gasteiger partial charge is 0.387 e. The lowest BCUT2D eigenvalue weighted by Crippen LogP contribution is -2.25. The van der Waals surface area contributed by atoms with Gasteiger partial charge in [0.15, 0.2) is 0 Å². The summed E-state index contributed by atoms with van der Waals surface area (Å²) in [6, 6.07) is 11.3. The van der Waals surface area contributed by atoms with Gasteiger partial charge in [0, 0.05) is 23.6 Å². The number of halogens is 1. The normalized spacial score (nSPS) is 10.5. The van der Waals surface area contributed by atoms with Gasteiger partial charge in [-0.25, -0.2) is 4.99 Å². The van der Waals surface area contributed by atoms with Crippen molar-refractivity contribution in [1.82, 2.24) is 9.88 Å². The highest BCUT2D eigenvalue weighted by Gasteiger charge is 1.99. The molecule has 0 saturated heterocycles. The van der Waals surface area contributed by atoms with Gasteiger partial charge in [-0.05, 0) is 53.5 Å². The molecule has 138 valence electrons. The number of amides is 1. The molecule has 0 aliphatic heterocycles. The second-order valence-electron chi connectivity index (χ2n) is 5.41. The van der Waals surface area contributed by atoms with Crippen LogP contribution >= 0.6 is 15.9 Å². The van der Waals surface area contributed by atoms with Crippen LogP contribution < -0.4 is 16.5 Å². The minimum absolute atomic E-state index is 0.351. The molecular formula is C18H23BrN6O. The second kappa shape index (κ2) is 11.0. The molecule has 26 heavy (non-hydrogen) atoms. The number of aliphatic imine (C=N–C) groups is 1. The van der Waals surface area contributed by atoms with Crippen LogP contribution in [0, 0.1) is 17.7 Å². The molecule has 1 aromatic carbocycles. The number of aromatic nitrogens is 1. The predicted octanol–water partition coefficient (Wildman–Crippen LogP) is 2.70. The van der Waals surface area contributed by atoms with Crippen LogP contribution in [0.5, 0.6) is 0 Å². The van der Waals surface area contributed by atoms with Crippen molar-refractivity contribution in [2.45, 2.75) is 20.3 Å². The van der Waals surface area contributed by atoms with E-state index in [0.717, 1.165) is 15.7 Å². The van der Waals surface area contributed by atoms with Crippen molar-refractivity contribution in [1.29, 1.82) is 10.8 Å². The van der Waals surface area contributed by atoms with Crippen LogP contribution in [0.3, 0.4) is 0 Å². The Morgan fingerprint density at radius 3 is 2.62 bits per heavy atom. The third kappa shape index (κ3) is 7.43. The van der Waals surface area contributed by atoms with E-state index in [1.807, 2.05) is 43.3 Å². The topological polar surface area (TPSA) is 120 Å². The average Bonchev–Trinajstić information content (AvgIpc) is 2.59. The van der Waals surface area contributed by atoms with E-state index in [1.54, 1.807) is 13.1 Å². The van der Waals surface area contributed by atoms with E-state index in [9.17, 15) is 4.79 Å². The summed E-state index contributed by atoms with van der Waals surface area (Å²) < 4.78 is 2.42. The van der Waals surface area contributed by atoms with Gasteiger partial charge in [-0.2, -0.15) is 0 Å². The number of amidine groups is 1. The number of nitrogens with one attached hydrogen (secondary N) is 3. The van der Waals surface area contributed by atoms with Gasteiger partial charge in [-0.3, -0.25) is 20.2 Å². The van der Waals surface area contributed by atoms with Gasteiger partial charge in [0.25, 0.3) is 0 Å². The summed E-state index contributed by atoms with van der Waals surface area (Å²) in [5.41, 5.74) is 7.69. The predicted molar refractivity (Wildman–Crippen MR) is 108 cm³/mol. The number of rotatable bonds is 5. The Morgan fingerprint density at radius 1 is 1.38 bits per heavy atom. The zero-order valence-electron chi connectivity index (χ0n) is 14.8. The molecule has 0 fully saturated rings. The summed E-state index contributed by atoms with van der Waals surface area (Å²) in [5, 5.41) is 17.5. The highest BCUT2D eigenvalue weighted by atomic mass is 79.9. The van der Waals surface area contributed by atoms with Gasteiger partial charge in [-0.15, -0.1) is 0 Å². The first-order valence-corrected chi connectivity index (χ1v) is 8.68. The highest BCUT2D eigenvalue weighted by molar-refractivity contribution is 9.10. The van der Waals surface area contributed by atoms with Crippen LogP contribution in [0.1, 0.15) is 18.9 Å². The highest BCUT2D eigenvalue weighted by Crippen LogP contribution is 2.09. The van der Waals surface area contributed by atoms with Crippen LogP contribution in [0.15, 0.2) is 52.1 Å². The Kier molecular flexibility index (Phi) is 9.00. The lowest BCUT2D eigenvalue weighted by atomic mass is 10.3. The number of hydrogen-bond donors (Lipinski definition) is 4. The molecule has 5 N–H and O–H groups in total. The maximum atomic E-state index is 9.95. The molecule has 7 nitrogen and oxygen atoms in total. The maximum Gasteiger partial charge on any atom is 0.207 e. The SMILES string of the molecule is CC(=N)n1cc(Br)cc(C)c1=N.NC(CCNC=O)=Nc1ccccc1. The molecule has 0 bridgehead atoms. The first-order chi connectivity index (χ1) is 12.3. The third-order valence-electron chi connectivity index (χ3n) is 3.22. The zero-order chi connectivity index (χ0) is 19.5. The molecule has 0 unspecified atom stereocenters. The quantitative estimate of drug-likeness (QED) is 0.258. The summed E-state index contributed by atoms with van der Waals surface area (Å²) in [5.74, 6) is 0.870. The second-order valence-corrected chi connectivity index (χ2v) is 6.32. The standard InChI is InChI=1S/C10H13N3O.C8H10BrN3/c11-10(6-7-12-8-14)13-9-4-2-1-3-5-9;1-5-3-7(9)4-12(6(2)10)8(5)11/h1-5,8H,6-7H2,(H2,11,13)(H,12,14);3-4,10-11H,1-2H3. The summed E-state index contributed by atoms with van der Waals surface area (Å²) in [7, 11) is 0. The minimum Gasteiger partial charge on any atom is -0.387 e. The number of aryl methyl sites for hydroxylation is 1. The van der Waals surface area contributed by atoms with Gasteiger partial charge >= 0.3 is 0 Å². The Bertz CT molecular complexity index is 829. The Morgan fingerprint density at radius 2 is 2.04 bits per heavy atom. The van der Waals surface area contributed by atoms with Crippen LogP contribution in [-0.4, -0.2) is 29.2 Å². The van der Waals surface area contributed by atoms with E-state index in [0.29, 0.717) is 36.5 Å². The molecule has 0 aliphatic carbocycles. The van der Waals surface area contributed by atoms with Gasteiger partial charge in [0.2, 0.25) is 6.41 Å². The molecule has 0 aliphatic rings. The average molecular weight is 419 g/mol. The van der Waals surface area contributed by atoms with E-state index in [-0.39, 0.29) is 0 Å². The monoisotopic (exact) mass is 418 g/mol.